The van der Waals surface area contributed by atoms with E-state index >= 15 is 0 Å². The fourth-order valence-corrected chi connectivity index (χ4v) is 4.31. The number of alkyl halides is 3. The molecule has 1 amide bonds. The van der Waals surface area contributed by atoms with Gasteiger partial charge < -0.3 is 4.74 Å². The molecule has 4 rings (SSSR count). The summed E-state index contributed by atoms with van der Waals surface area (Å²) in [5, 5.41) is 7.42. The normalized spacial score (nSPS) is 11.4. The van der Waals surface area contributed by atoms with Gasteiger partial charge in [-0.1, -0.05) is 46.6 Å². The van der Waals surface area contributed by atoms with Crippen molar-refractivity contribution in [2.24, 2.45) is 0 Å². The molecule has 35 heavy (non-hydrogen) atoms. The fourth-order valence-electron chi connectivity index (χ4n) is 3.00. The smallest absolute Gasteiger partial charge is 0.406 e. The summed E-state index contributed by atoms with van der Waals surface area (Å²) in [6, 6.07) is 17.3. The van der Waals surface area contributed by atoms with Gasteiger partial charge >= 0.3 is 12.3 Å². The fraction of sp³-hybridized carbons (Fsp3) is 0.0435. The zero-order valence-corrected chi connectivity index (χ0v) is 20.4. The van der Waals surface area contributed by atoms with Crippen molar-refractivity contribution in [3.8, 4) is 11.4 Å². The van der Waals surface area contributed by atoms with E-state index in [-0.39, 0.29) is 11.4 Å². The molecule has 0 aliphatic heterocycles. The van der Waals surface area contributed by atoms with Gasteiger partial charge in [-0.15, -0.1) is 0 Å². The Morgan fingerprint density at radius 2 is 1.51 bits per heavy atom. The SMILES string of the molecule is O=C(Nc1cc(Cl)ccc1Sc1ccc(Cl)cc1)Oc1cnn(-c2ccc(Cl)cc2)c1C(F)(F)F. The summed E-state index contributed by atoms with van der Waals surface area (Å²) < 4.78 is 47.2. The van der Waals surface area contributed by atoms with E-state index < -0.39 is 23.7 Å². The van der Waals surface area contributed by atoms with Crippen molar-refractivity contribution < 1.29 is 22.7 Å². The third kappa shape index (κ3) is 6.24. The molecule has 1 aromatic heterocycles. The quantitative estimate of drug-likeness (QED) is 0.266. The maximum atomic E-state index is 13.8. The van der Waals surface area contributed by atoms with Crippen molar-refractivity contribution in [2.45, 2.75) is 16.0 Å². The summed E-state index contributed by atoms with van der Waals surface area (Å²) in [4.78, 5) is 14.0. The molecule has 180 valence electrons. The molecule has 1 N–H and O–H groups in total. The number of carbonyl (C=O) groups excluding carboxylic acids is 1. The van der Waals surface area contributed by atoms with E-state index in [4.69, 9.17) is 39.5 Å². The molecule has 3 aromatic carbocycles. The van der Waals surface area contributed by atoms with Crippen molar-refractivity contribution in [1.82, 2.24) is 9.78 Å². The first-order chi connectivity index (χ1) is 16.6. The number of hydrogen-bond donors (Lipinski definition) is 1. The highest BCUT2D eigenvalue weighted by atomic mass is 35.5. The number of benzene rings is 3. The van der Waals surface area contributed by atoms with Crippen LogP contribution >= 0.6 is 46.6 Å². The van der Waals surface area contributed by atoms with Gasteiger partial charge in [0, 0.05) is 24.9 Å². The van der Waals surface area contributed by atoms with Gasteiger partial charge in [-0.25, -0.2) is 9.48 Å². The van der Waals surface area contributed by atoms with Gasteiger partial charge in [-0.05, 0) is 66.7 Å². The second kappa shape index (κ2) is 10.4. The third-order valence-corrected chi connectivity index (χ3v) is 6.32. The minimum atomic E-state index is -4.86. The van der Waals surface area contributed by atoms with Gasteiger partial charge in [0.1, 0.15) is 0 Å². The zero-order valence-electron chi connectivity index (χ0n) is 17.3. The van der Waals surface area contributed by atoms with E-state index in [0.29, 0.717) is 24.6 Å². The van der Waals surface area contributed by atoms with Crippen LogP contribution in [0.3, 0.4) is 0 Å². The Morgan fingerprint density at radius 1 is 0.914 bits per heavy atom. The number of ether oxygens (including phenoxy) is 1. The van der Waals surface area contributed by atoms with Gasteiger partial charge in [-0.2, -0.15) is 18.3 Å². The van der Waals surface area contributed by atoms with Crippen LogP contribution in [-0.2, 0) is 6.18 Å². The van der Waals surface area contributed by atoms with E-state index in [1.165, 1.54) is 42.1 Å². The standard InChI is InChI=1S/C23H13Cl3F3N3O2S/c24-13-1-6-16(7-2-13)32-21(23(27,28)29)19(12-30-32)34-22(33)31-18-11-15(26)5-10-20(18)35-17-8-3-14(25)4-9-17/h1-12H,(H,31,33). The molecule has 5 nitrogen and oxygen atoms in total. The molecule has 0 radical (unpaired) electrons. The van der Waals surface area contributed by atoms with Crippen molar-refractivity contribution in [3.05, 3.63) is 93.7 Å². The number of hydrogen-bond acceptors (Lipinski definition) is 4. The summed E-state index contributed by atoms with van der Waals surface area (Å²) in [7, 11) is 0. The van der Waals surface area contributed by atoms with Crippen LogP contribution in [0.15, 0.2) is 82.7 Å². The zero-order chi connectivity index (χ0) is 25.2. The van der Waals surface area contributed by atoms with E-state index in [0.717, 1.165) is 11.1 Å². The van der Waals surface area contributed by atoms with Crippen molar-refractivity contribution >= 4 is 58.3 Å². The topological polar surface area (TPSA) is 56.1 Å². The Hall–Kier alpha value is -2.85. The number of amides is 1. The van der Waals surface area contributed by atoms with Crippen LogP contribution in [0.1, 0.15) is 5.69 Å². The van der Waals surface area contributed by atoms with Gasteiger partial charge in [0.05, 0.1) is 17.6 Å². The molecule has 0 aliphatic carbocycles. The lowest BCUT2D eigenvalue weighted by atomic mass is 10.3. The molecule has 0 spiro atoms. The molecule has 12 heteroatoms. The number of carbonyl (C=O) groups is 1. The van der Waals surface area contributed by atoms with E-state index in [1.807, 2.05) is 0 Å². The Kier molecular flexibility index (Phi) is 7.51. The number of anilines is 1. The summed E-state index contributed by atoms with van der Waals surface area (Å²) in [6.45, 7) is 0. The van der Waals surface area contributed by atoms with Gasteiger partial charge in [0.15, 0.2) is 11.4 Å². The summed E-state index contributed by atoms with van der Waals surface area (Å²) in [5.74, 6) is -0.765. The molecular weight excluding hydrogens is 546 g/mol. The average Bonchev–Trinajstić information content (AvgIpc) is 3.21. The van der Waals surface area contributed by atoms with Crippen LogP contribution in [0.4, 0.5) is 23.7 Å². The second-order valence-corrected chi connectivity index (χ2v) is 9.38. The molecule has 0 saturated carbocycles. The first kappa shape index (κ1) is 25.2. The van der Waals surface area contributed by atoms with Crippen molar-refractivity contribution in [1.29, 1.82) is 0 Å². The van der Waals surface area contributed by atoms with Gasteiger partial charge in [0.25, 0.3) is 0 Å². The number of nitrogens with one attached hydrogen (secondary N) is 1. The van der Waals surface area contributed by atoms with E-state index in [1.54, 1.807) is 36.4 Å². The van der Waals surface area contributed by atoms with E-state index in [2.05, 4.69) is 10.4 Å². The molecular formula is C23H13Cl3F3N3O2S. The van der Waals surface area contributed by atoms with Crippen LogP contribution in [0.25, 0.3) is 5.69 Å². The van der Waals surface area contributed by atoms with Gasteiger partial charge in [-0.3, -0.25) is 5.32 Å². The maximum Gasteiger partial charge on any atom is 0.437 e. The van der Waals surface area contributed by atoms with Crippen molar-refractivity contribution in [2.75, 3.05) is 5.32 Å². The third-order valence-electron chi connectivity index (χ3n) is 4.50. The Balaban J connectivity index is 1.59. The average molecular weight is 559 g/mol. The van der Waals surface area contributed by atoms with Gasteiger partial charge in [0.2, 0.25) is 0 Å². The monoisotopic (exact) mass is 557 g/mol. The Morgan fingerprint density at radius 3 is 2.14 bits per heavy atom. The highest BCUT2D eigenvalue weighted by Gasteiger charge is 2.40. The molecule has 1 heterocycles. The van der Waals surface area contributed by atoms with Crippen LogP contribution in [-0.4, -0.2) is 15.9 Å². The lowest BCUT2D eigenvalue weighted by Gasteiger charge is -2.14. The van der Waals surface area contributed by atoms with Crippen molar-refractivity contribution in [3.63, 3.8) is 0 Å². The van der Waals surface area contributed by atoms with Crippen LogP contribution in [0.2, 0.25) is 15.1 Å². The molecule has 0 bridgehead atoms. The predicted molar refractivity (Wildman–Crippen MR) is 130 cm³/mol. The number of nitrogens with zero attached hydrogens (tertiary/aromatic N) is 2. The largest absolute Gasteiger partial charge is 0.437 e. The van der Waals surface area contributed by atoms with Crippen LogP contribution in [0, 0.1) is 0 Å². The highest BCUT2D eigenvalue weighted by molar-refractivity contribution is 7.99. The second-order valence-electron chi connectivity index (χ2n) is 6.95. The molecule has 0 atom stereocenters. The molecule has 0 unspecified atom stereocenters. The lowest BCUT2D eigenvalue weighted by Crippen LogP contribution is -2.20. The molecule has 0 saturated heterocycles. The number of rotatable bonds is 5. The van der Waals surface area contributed by atoms with Crippen LogP contribution < -0.4 is 10.1 Å². The first-order valence-electron chi connectivity index (χ1n) is 9.73. The minimum absolute atomic E-state index is 0.0912. The predicted octanol–water partition coefficient (Wildman–Crippen LogP) is 8.61. The van der Waals surface area contributed by atoms with Crippen LogP contribution in [0.5, 0.6) is 5.75 Å². The number of halogens is 6. The molecule has 0 fully saturated rings. The summed E-state index contributed by atoms with van der Waals surface area (Å²) >= 11 is 19.1. The Labute approximate surface area is 216 Å². The summed E-state index contributed by atoms with van der Waals surface area (Å²) in [5.41, 5.74) is -0.911. The maximum absolute atomic E-state index is 13.8. The lowest BCUT2D eigenvalue weighted by molar-refractivity contribution is -0.143. The first-order valence-corrected chi connectivity index (χ1v) is 11.7. The minimum Gasteiger partial charge on any atom is -0.406 e. The van der Waals surface area contributed by atoms with E-state index in [9.17, 15) is 18.0 Å². The summed E-state index contributed by atoms with van der Waals surface area (Å²) in [6.07, 6.45) is -5.19. The highest BCUT2D eigenvalue weighted by Crippen LogP contribution is 2.39. The molecule has 4 aromatic rings. The number of aromatic nitrogens is 2. The molecule has 0 aliphatic rings. The Bertz CT molecular complexity index is 1360.